The van der Waals surface area contributed by atoms with Gasteiger partial charge in [0.25, 0.3) is 0 Å². The number of hydrogen-bond acceptors (Lipinski definition) is 3. The highest BCUT2D eigenvalue weighted by Crippen LogP contribution is 2.30. The minimum Gasteiger partial charge on any atom is -0.398 e. The van der Waals surface area contributed by atoms with E-state index in [1.807, 2.05) is 28.8 Å². The first kappa shape index (κ1) is 13.6. The van der Waals surface area contributed by atoms with Gasteiger partial charge in [-0.05, 0) is 50.6 Å². The Morgan fingerprint density at radius 1 is 1.19 bits per heavy atom. The van der Waals surface area contributed by atoms with Crippen LogP contribution in [-0.2, 0) is 5.60 Å². The molecule has 0 aliphatic heterocycles. The van der Waals surface area contributed by atoms with E-state index in [0.717, 1.165) is 16.7 Å². The second-order valence-electron chi connectivity index (χ2n) is 5.94. The highest BCUT2D eigenvalue weighted by atomic mass is 16.3. The predicted octanol–water partition coefficient (Wildman–Crippen LogP) is 3.14. The van der Waals surface area contributed by atoms with Crippen molar-refractivity contribution in [3.63, 3.8) is 0 Å². The zero-order valence-corrected chi connectivity index (χ0v) is 12.5. The van der Waals surface area contributed by atoms with Gasteiger partial charge >= 0.3 is 0 Å². The Morgan fingerprint density at radius 2 is 1.95 bits per heavy atom. The lowest BCUT2D eigenvalue weighted by Crippen LogP contribution is -2.17. The molecular weight excluding hydrogens is 262 g/mol. The van der Waals surface area contributed by atoms with Crippen LogP contribution in [0.3, 0.4) is 0 Å². The third kappa shape index (κ3) is 2.38. The largest absolute Gasteiger partial charge is 0.398 e. The van der Waals surface area contributed by atoms with Crippen LogP contribution in [0.5, 0.6) is 0 Å². The van der Waals surface area contributed by atoms with Crippen LogP contribution in [-0.4, -0.2) is 14.7 Å². The molecule has 0 aliphatic rings. The molecule has 0 aliphatic carbocycles. The van der Waals surface area contributed by atoms with Gasteiger partial charge in [0.2, 0.25) is 0 Å². The summed E-state index contributed by atoms with van der Waals surface area (Å²) in [6.07, 6.45) is 1.78. The fraction of sp³-hybridized carbons (Fsp3) is 0.235. The third-order valence-electron chi connectivity index (χ3n) is 3.66. The summed E-state index contributed by atoms with van der Waals surface area (Å²) in [4.78, 5) is 4.41. The van der Waals surface area contributed by atoms with E-state index in [2.05, 4.69) is 24.0 Å². The van der Waals surface area contributed by atoms with Crippen molar-refractivity contribution >= 4 is 16.7 Å². The number of hydrogen-bond donors (Lipinski definition) is 2. The number of imidazole rings is 1. The van der Waals surface area contributed by atoms with Crippen LogP contribution >= 0.6 is 0 Å². The van der Waals surface area contributed by atoms with E-state index in [1.165, 1.54) is 5.56 Å². The maximum Gasteiger partial charge on any atom is 0.100 e. The minimum atomic E-state index is -0.986. The van der Waals surface area contributed by atoms with E-state index in [4.69, 9.17) is 5.73 Å². The summed E-state index contributed by atoms with van der Waals surface area (Å²) >= 11 is 0. The molecule has 0 amide bonds. The number of nitrogen functional groups attached to an aromatic ring is 1. The molecule has 0 radical (unpaired) electrons. The number of benzene rings is 2. The highest BCUT2D eigenvalue weighted by Gasteiger charge is 2.21. The summed E-state index contributed by atoms with van der Waals surface area (Å²) in [5.41, 5.74) is 10.3. The van der Waals surface area contributed by atoms with E-state index >= 15 is 0 Å². The molecule has 4 heteroatoms. The van der Waals surface area contributed by atoms with Crippen molar-refractivity contribution in [2.75, 3.05) is 5.73 Å². The van der Waals surface area contributed by atoms with Gasteiger partial charge in [0.05, 0.1) is 16.6 Å². The number of aryl methyl sites for hydroxylation is 1. The molecule has 1 heterocycles. The zero-order valence-electron chi connectivity index (χ0n) is 12.5. The Labute approximate surface area is 123 Å². The Hall–Kier alpha value is -2.33. The second-order valence-corrected chi connectivity index (χ2v) is 5.94. The smallest absolute Gasteiger partial charge is 0.100 e. The molecule has 0 unspecified atom stereocenters. The molecule has 3 aromatic rings. The summed E-state index contributed by atoms with van der Waals surface area (Å²) in [7, 11) is 0. The first-order valence-corrected chi connectivity index (χ1v) is 6.93. The van der Waals surface area contributed by atoms with Crippen LogP contribution in [0.25, 0.3) is 16.7 Å². The molecule has 0 saturated carbocycles. The molecule has 4 nitrogen and oxygen atoms in total. The maximum absolute atomic E-state index is 10.3. The molecule has 0 spiro atoms. The summed E-state index contributed by atoms with van der Waals surface area (Å²) < 4.78 is 2.01. The first-order chi connectivity index (χ1) is 9.86. The van der Waals surface area contributed by atoms with Gasteiger partial charge < -0.3 is 10.8 Å². The molecule has 2 aromatic carbocycles. The SMILES string of the molecule is Cc1cccc(-n2cnc3cc(N)c(C(C)(C)O)cc32)c1. The summed E-state index contributed by atoms with van der Waals surface area (Å²) in [6.45, 7) is 5.53. The fourth-order valence-corrected chi connectivity index (χ4v) is 2.58. The van der Waals surface area contributed by atoms with Gasteiger partial charge in [-0.25, -0.2) is 4.98 Å². The van der Waals surface area contributed by atoms with Crippen LogP contribution < -0.4 is 5.73 Å². The molecular formula is C17H19N3O. The number of nitrogens with two attached hydrogens (primary N) is 1. The van der Waals surface area contributed by atoms with Crippen molar-refractivity contribution in [1.29, 1.82) is 0 Å². The van der Waals surface area contributed by atoms with Crippen LogP contribution in [0.15, 0.2) is 42.7 Å². The zero-order chi connectivity index (χ0) is 15.2. The van der Waals surface area contributed by atoms with Gasteiger partial charge in [-0.3, -0.25) is 4.57 Å². The van der Waals surface area contributed by atoms with Crippen molar-refractivity contribution in [3.8, 4) is 5.69 Å². The van der Waals surface area contributed by atoms with Crippen molar-refractivity contribution < 1.29 is 5.11 Å². The van der Waals surface area contributed by atoms with Gasteiger partial charge in [-0.2, -0.15) is 0 Å². The van der Waals surface area contributed by atoms with Gasteiger partial charge in [0, 0.05) is 16.9 Å². The normalized spacial score (nSPS) is 12.0. The molecule has 108 valence electrons. The Bertz CT molecular complexity index is 813. The molecule has 3 N–H and O–H groups in total. The average Bonchev–Trinajstić information content (AvgIpc) is 2.79. The number of anilines is 1. The lowest BCUT2D eigenvalue weighted by atomic mass is 9.96. The fourth-order valence-electron chi connectivity index (χ4n) is 2.58. The average molecular weight is 281 g/mol. The molecule has 0 fully saturated rings. The van der Waals surface area contributed by atoms with Gasteiger partial charge in [-0.15, -0.1) is 0 Å². The van der Waals surface area contributed by atoms with Crippen LogP contribution in [0, 0.1) is 6.92 Å². The monoisotopic (exact) mass is 281 g/mol. The Balaban J connectivity index is 2.26. The predicted molar refractivity (Wildman–Crippen MR) is 85.5 cm³/mol. The van der Waals surface area contributed by atoms with E-state index in [9.17, 15) is 5.11 Å². The third-order valence-corrected chi connectivity index (χ3v) is 3.66. The quantitative estimate of drug-likeness (QED) is 0.709. The van der Waals surface area contributed by atoms with Crippen LogP contribution in [0.4, 0.5) is 5.69 Å². The van der Waals surface area contributed by atoms with Crippen LogP contribution in [0.1, 0.15) is 25.0 Å². The first-order valence-electron chi connectivity index (χ1n) is 6.93. The van der Waals surface area contributed by atoms with Gasteiger partial charge in [-0.1, -0.05) is 12.1 Å². The summed E-state index contributed by atoms with van der Waals surface area (Å²) in [5, 5.41) is 10.3. The lowest BCUT2D eigenvalue weighted by molar-refractivity contribution is 0.0795. The highest BCUT2D eigenvalue weighted by molar-refractivity contribution is 5.83. The van der Waals surface area contributed by atoms with E-state index in [1.54, 1.807) is 20.2 Å². The second kappa shape index (κ2) is 4.60. The summed E-state index contributed by atoms with van der Waals surface area (Å²) in [5.74, 6) is 0. The number of rotatable bonds is 2. The van der Waals surface area contributed by atoms with Gasteiger partial charge in [0.15, 0.2) is 0 Å². The van der Waals surface area contributed by atoms with Crippen LogP contribution in [0.2, 0.25) is 0 Å². The molecule has 3 rings (SSSR count). The Morgan fingerprint density at radius 3 is 2.62 bits per heavy atom. The lowest BCUT2D eigenvalue weighted by Gasteiger charge is -2.20. The van der Waals surface area contributed by atoms with Gasteiger partial charge in [0.1, 0.15) is 6.33 Å². The van der Waals surface area contributed by atoms with E-state index < -0.39 is 5.60 Å². The Kier molecular flexibility index (Phi) is 2.99. The van der Waals surface area contributed by atoms with Crippen molar-refractivity contribution in [3.05, 3.63) is 53.9 Å². The van der Waals surface area contributed by atoms with Crippen molar-refractivity contribution in [2.24, 2.45) is 0 Å². The standard InChI is InChI=1S/C17H19N3O/c1-11-5-4-6-12(7-11)20-10-19-15-9-14(18)13(8-16(15)20)17(2,3)21/h4-10,21H,18H2,1-3H3. The topological polar surface area (TPSA) is 64.1 Å². The molecule has 21 heavy (non-hydrogen) atoms. The molecule has 0 bridgehead atoms. The number of aromatic nitrogens is 2. The number of fused-ring (bicyclic) bond motifs is 1. The summed E-state index contributed by atoms with van der Waals surface area (Å²) in [6, 6.07) is 11.9. The van der Waals surface area contributed by atoms with Crippen molar-refractivity contribution in [2.45, 2.75) is 26.4 Å². The molecule has 0 saturated heterocycles. The van der Waals surface area contributed by atoms with E-state index in [-0.39, 0.29) is 0 Å². The minimum absolute atomic E-state index is 0.560. The number of aliphatic hydroxyl groups is 1. The van der Waals surface area contributed by atoms with E-state index in [0.29, 0.717) is 11.3 Å². The van der Waals surface area contributed by atoms with Crippen molar-refractivity contribution in [1.82, 2.24) is 9.55 Å². The molecule has 0 atom stereocenters. The number of nitrogens with zero attached hydrogens (tertiary/aromatic N) is 2. The molecule has 1 aromatic heterocycles. The maximum atomic E-state index is 10.3.